The van der Waals surface area contributed by atoms with E-state index in [1.807, 2.05) is 0 Å². The number of hydrogen-bond donors (Lipinski definition) is 1. The van der Waals surface area contributed by atoms with Crippen LogP contribution in [0, 0.1) is 12.3 Å². The van der Waals surface area contributed by atoms with Gasteiger partial charge in [0.1, 0.15) is 22.6 Å². The molecule has 0 fully saturated rings. The van der Waals surface area contributed by atoms with Gasteiger partial charge in [0.05, 0.1) is 11.1 Å². The molecule has 2 aliphatic rings. The first kappa shape index (κ1) is 22.5. The van der Waals surface area contributed by atoms with Crippen molar-refractivity contribution in [2.45, 2.75) is 38.5 Å². The third kappa shape index (κ3) is 4.62. The molecule has 2 aliphatic carbocycles. The number of carbonyl (C=O) groups is 2. The lowest BCUT2D eigenvalue weighted by atomic mass is 9.73. The molecule has 2 atom stereocenters. The maximum Gasteiger partial charge on any atom is 0.416 e. The van der Waals surface area contributed by atoms with Crippen LogP contribution in [-0.4, -0.2) is 23.5 Å². The molecule has 0 saturated heterocycles. The van der Waals surface area contributed by atoms with Crippen LogP contribution in [0.5, 0.6) is 5.75 Å². The van der Waals surface area contributed by atoms with E-state index in [1.54, 1.807) is 19.1 Å². The molecule has 1 amide bonds. The summed E-state index contributed by atoms with van der Waals surface area (Å²) in [5.74, 6) is -1.44. The molecule has 164 valence electrons. The molecular formula is C23H21F4NO3. The van der Waals surface area contributed by atoms with Crippen molar-refractivity contribution >= 4 is 11.7 Å². The molecule has 0 heterocycles. The van der Waals surface area contributed by atoms with Crippen LogP contribution in [0.3, 0.4) is 0 Å². The smallest absolute Gasteiger partial charge is 0.416 e. The Morgan fingerprint density at radius 3 is 2.32 bits per heavy atom. The number of rotatable bonds is 5. The largest absolute Gasteiger partial charge is 0.457 e. The number of nitrogens with two attached hydrogens (primary N) is 1. The fraction of sp³-hybridized carbons (Fsp3) is 0.304. The van der Waals surface area contributed by atoms with Crippen molar-refractivity contribution < 1.29 is 31.9 Å². The first-order valence-corrected chi connectivity index (χ1v) is 9.52. The number of benzene rings is 1. The van der Waals surface area contributed by atoms with Gasteiger partial charge in [-0.05, 0) is 56.2 Å². The minimum Gasteiger partial charge on any atom is -0.457 e. The van der Waals surface area contributed by atoms with Crippen LogP contribution in [0.4, 0.5) is 17.6 Å². The van der Waals surface area contributed by atoms with Crippen LogP contribution in [-0.2, 0) is 4.79 Å². The van der Waals surface area contributed by atoms with E-state index in [4.69, 9.17) is 10.5 Å². The summed E-state index contributed by atoms with van der Waals surface area (Å²) >= 11 is 0. The third-order valence-corrected chi connectivity index (χ3v) is 5.27. The molecule has 31 heavy (non-hydrogen) atoms. The molecule has 1 aromatic rings. The first-order chi connectivity index (χ1) is 14.3. The normalized spacial score (nSPS) is 25.6. The fourth-order valence-electron chi connectivity index (χ4n) is 3.35. The number of hydrogen-bond acceptors (Lipinski definition) is 3. The molecule has 0 bridgehead atoms. The fourth-order valence-corrected chi connectivity index (χ4v) is 3.35. The van der Waals surface area contributed by atoms with Crippen LogP contribution in [0.2, 0.25) is 0 Å². The van der Waals surface area contributed by atoms with Crippen LogP contribution < -0.4 is 10.5 Å². The first-order valence-electron chi connectivity index (χ1n) is 9.52. The number of ketones is 1. The summed E-state index contributed by atoms with van der Waals surface area (Å²) in [6.07, 6.45) is 1.61. The predicted molar refractivity (Wildman–Crippen MR) is 107 cm³/mol. The Morgan fingerprint density at radius 1 is 1.10 bits per heavy atom. The number of allylic oxidation sites excluding steroid dienone is 6. The lowest BCUT2D eigenvalue weighted by Crippen LogP contribution is -2.43. The lowest BCUT2D eigenvalue weighted by molar-refractivity contribution is -0.123. The highest BCUT2D eigenvalue weighted by molar-refractivity contribution is 6.16. The summed E-state index contributed by atoms with van der Waals surface area (Å²) in [5.41, 5.74) is 1.75. The minimum atomic E-state index is -4.60. The lowest BCUT2D eigenvalue weighted by Gasteiger charge is -2.29. The predicted octanol–water partition coefficient (Wildman–Crippen LogP) is 5.05. The van der Waals surface area contributed by atoms with Gasteiger partial charge in [-0.1, -0.05) is 24.3 Å². The molecule has 0 aliphatic heterocycles. The highest BCUT2D eigenvalue weighted by atomic mass is 19.4. The zero-order chi connectivity index (χ0) is 23.0. The summed E-state index contributed by atoms with van der Waals surface area (Å²) in [6, 6.07) is 4.60. The van der Waals surface area contributed by atoms with Gasteiger partial charge >= 0.3 is 6.18 Å². The average Bonchev–Trinajstić information content (AvgIpc) is 2.68. The molecule has 3 rings (SSSR count). The standard InChI is InChI=1S/C23H21F4NO3/c1-14-3-4-17(18(13-14)31-16-7-9-21(2,24)10-8-16)19(29)22(20(28)30)11-5-15(6-12-22)23(25,26)27/h3-9,11,13H,10,12H2,1-2H3,(H2,28,30). The van der Waals surface area contributed by atoms with E-state index >= 15 is 0 Å². The molecule has 0 radical (unpaired) electrons. The maximum absolute atomic E-state index is 14.0. The van der Waals surface area contributed by atoms with E-state index in [0.717, 1.165) is 17.7 Å². The van der Waals surface area contributed by atoms with Gasteiger partial charge in [0, 0.05) is 6.42 Å². The Hall–Kier alpha value is -3.16. The zero-order valence-corrected chi connectivity index (χ0v) is 16.9. The number of primary amides is 1. The summed E-state index contributed by atoms with van der Waals surface area (Å²) in [5, 5.41) is 0. The summed E-state index contributed by atoms with van der Waals surface area (Å²) in [7, 11) is 0. The topological polar surface area (TPSA) is 69.4 Å². The Balaban J connectivity index is 1.97. The average molecular weight is 435 g/mol. The van der Waals surface area contributed by atoms with Gasteiger partial charge in [0.15, 0.2) is 5.78 Å². The Labute approximate surface area is 176 Å². The molecule has 2 N–H and O–H groups in total. The number of amides is 1. The third-order valence-electron chi connectivity index (χ3n) is 5.27. The summed E-state index contributed by atoms with van der Waals surface area (Å²) < 4.78 is 58.6. The number of ether oxygens (including phenoxy) is 1. The van der Waals surface area contributed by atoms with Crippen molar-refractivity contribution in [3.05, 3.63) is 77.1 Å². The summed E-state index contributed by atoms with van der Waals surface area (Å²) in [4.78, 5) is 25.6. The Bertz CT molecular complexity index is 1050. The number of aryl methyl sites for hydroxylation is 1. The molecule has 0 spiro atoms. The molecular weight excluding hydrogens is 414 g/mol. The number of carbonyl (C=O) groups excluding carboxylic acids is 2. The molecule has 0 aromatic heterocycles. The van der Waals surface area contributed by atoms with Crippen molar-refractivity contribution in [3.63, 3.8) is 0 Å². The number of Topliss-reactive ketones (excluding diaryl/α,β-unsaturated/α-hetero) is 1. The van der Waals surface area contributed by atoms with E-state index in [-0.39, 0.29) is 17.7 Å². The molecule has 8 heteroatoms. The molecule has 4 nitrogen and oxygen atoms in total. The van der Waals surface area contributed by atoms with Gasteiger partial charge in [0.2, 0.25) is 5.91 Å². The van der Waals surface area contributed by atoms with Gasteiger partial charge in [-0.3, -0.25) is 9.59 Å². The van der Waals surface area contributed by atoms with Gasteiger partial charge in [0.25, 0.3) is 0 Å². The van der Waals surface area contributed by atoms with E-state index in [1.165, 1.54) is 31.2 Å². The van der Waals surface area contributed by atoms with Crippen molar-refractivity contribution in [2.24, 2.45) is 11.1 Å². The SMILES string of the molecule is Cc1ccc(C(=O)C2(C(N)=O)C=CC(C(F)(F)F)=CC2)c(OC2=CCC(C)(F)C=C2)c1. The van der Waals surface area contributed by atoms with E-state index in [2.05, 4.69) is 0 Å². The van der Waals surface area contributed by atoms with Crippen LogP contribution >= 0.6 is 0 Å². The summed E-state index contributed by atoms with van der Waals surface area (Å²) in [6.45, 7) is 3.17. The van der Waals surface area contributed by atoms with Gasteiger partial charge in [-0.2, -0.15) is 13.2 Å². The Kier molecular flexibility index (Phi) is 5.69. The van der Waals surface area contributed by atoms with E-state index in [9.17, 15) is 27.2 Å². The molecule has 2 unspecified atom stereocenters. The number of halogens is 4. The van der Waals surface area contributed by atoms with E-state index in [0.29, 0.717) is 11.8 Å². The second kappa shape index (κ2) is 7.83. The molecule has 1 aromatic carbocycles. The van der Waals surface area contributed by atoms with E-state index < -0.39 is 40.9 Å². The van der Waals surface area contributed by atoms with Crippen molar-refractivity contribution in [1.82, 2.24) is 0 Å². The second-order valence-corrected chi connectivity index (χ2v) is 7.88. The van der Waals surface area contributed by atoms with Crippen molar-refractivity contribution in [3.8, 4) is 5.75 Å². The zero-order valence-electron chi connectivity index (χ0n) is 16.9. The highest BCUT2D eigenvalue weighted by Gasteiger charge is 2.46. The minimum absolute atomic E-state index is 0.0132. The quantitative estimate of drug-likeness (QED) is 0.400. The van der Waals surface area contributed by atoms with Crippen molar-refractivity contribution in [1.29, 1.82) is 0 Å². The monoisotopic (exact) mass is 435 g/mol. The molecule has 0 saturated carbocycles. The maximum atomic E-state index is 14.0. The van der Waals surface area contributed by atoms with Crippen LogP contribution in [0.25, 0.3) is 0 Å². The van der Waals surface area contributed by atoms with Crippen LogP contribution in [0.1, 0.15) is 35.7 Å². The van der Waals surface area contributed by atoms with Gasteiger partial charge < -0.3 is 10.5 Å². The Morgan fingerprint density at radius 2 is 1.81 bits per heavy atom. The van der Waals surface area contributed by atoms with Gasteiger partial charge in [-0.25, -0.2) is 4.39 Å². The van der Waals surface area contributed by atoms with Gasteiger partial charge in [-0.15, -0.1) is 0 Å². The highest BCUT2D eigenvalue weighted by Crippen LogP contribution is 2.40. The van der Waals surface area contributed by atoms with Crippen LogP contribution in [0.15, 0.2) is 66.0 Å². The second-order valence-electron chi connectivity index (χ2n) is 7.88. The number of alkyl halides is 4. The van der Waals surface area contributed by atoms with Crippen molar-refractivity contribution in [2.75, 3.05) is 0 Å².